The molecular formula is C34H50N2. The van der Waals surface area contributed by atoms with Gasteiger partial charge in [0.2, 0.25) is 0 Å². The van der Waals surface area contributed by atoms with Crippen LogP contribution >= 0.6 is 0 Å². The van der Waals surface area contributed by atoms with Gasteiger partial charge in [-0.15, -0.1) is 0 Å². The molecule has 36 heavy (non-hydrogen) atoms. The van der Waals surface area contributed by atoms with E-state index < -0.39 is 0 Å². The fourth-order valence-electron chi connectivity index (χ4n) is 8.32. The number of hydrogen-bond acceptors (Lipinski definition) is 2. The van der Waals surface area contributed by atoms with Crippen LogP contribution in [-0.2, 0) is 6.42 Å². The molecule has 3 aliphatic rings. The SMILES string of the molecule is CCCC1CCC(C2CCC(C3CCC(c4ccc(Cc5ccc(N)cc5)cc4N)CC3)CC2)CC1. The van der Waals surface area contributed by atoms with Crippen LogP contribution in [-0.4, -0.2) is 0 Å². The fraction of sp³-hybridized carbons (Fsp3) is 0.647. The molecule has 0 aliphatic heterocycles. The van der Waals surface area contributed by atoms with Crippen molar-refractivity contribution in [2.75, 3.05) is 11.5 Å². The summed E-state index contributed by atoms with van der Waals surface area (Å²) in [6.07, 6.45) is 21.4. The minimum Gasteiger partial charge on any atom is -0.399 e. The van der Waals surface area contributed by atoms with E-state index >= 15 is 0 Å². The number of rotatable bonds is 7. The Balaban J connectivity index is 1.07. The first-order valence-electron chi connectivity index (χ1n) is 15.3. The van der Waals surface area contributed by atoms with E-state index in [1.807, 2.05) is 12.1 Å². The van der Waals surface area contributed by atoms with Crippen molar-refractivity contribution in [1.82, 2.24) is 0 Å². The molecule has 0 bridgehead atoms. The van der Waals surface area contributed by atoms with Gasteiger partial charge >= 0.3 is 0 Å². The maximum atomic E-state index is 6.60. The molecule has 3 aliphatic carbocycles. The second-order valence-electron chi connectivity index (χ2n) is 12.7. The third-order valence-electron chi connectivity index (χ3n) is 10.5. The van der Waals surface area contributed by atoms with Gasteiger partial charge in [0.15, 0.2) is 0 Å². The van der Waals surface area contributed by atoms with Gasteiger partial charge in [0.25, 0.3) is 0 Å². The standard InChI is InChI=1S/C34H50N2/c1-2-3-24-4-9-27(10-5-24)28-11-13-29(14-12-28)30-15-17-31(18-16-30)33-21-8-26(23-34(33)36)22-25-6-19-32(35)20-7-25/h6-8,19-21,23-24,27-31H,2-5,9-18,22,35-36H2,1H3. The van der Waals surface area contributed by atoms with Gasteiger partial charge in [0.1, 0.15) is 0 Å². The van der Waals surface area contributed by atoms with Crippen LogP contribution < -0.4 is 11.5 Å². The van der Waals surface area contributed by atoms with Crippen LogP contribution in [0.5, 0.6) is 0 Å². The van der Waals surface area contributed by atoms with Gasteiger partial charge in [-0.25, -0.2) is 0 Å². The molecule has 2 aromatic carbocycles. The van der Waals surface area contributed by atoms with E-state index in [4.69, 9.17) is 11.5 Å². The zero-order valence-corrected chi connectivity index (χ0v) is 22.8. The van der Waals surface area contributed by atoms with Crippen molar-refractivity contribution in [2.45, 2.75) is 109 Å². The summed E-state index contributed by atoms with van der Waals surface area (Å²) in [6.45, 7) is 2.36. The van der Waals surface area contributed by atoms with E-state index in [2.05, 4.69) is 37.3 Å². The predicted molar refractivity (Wildman–Crippen MR) is 155 cm³/mol. The summed E-state index contributed by atoms with van der Waals surface area (Å²) >= 11 is 0. The summed E-state index contributed by atoms with van der Waals surface area (Å²) < 4.78 is 0. The highest BCUT2D eigenvalue weighted by Crippen LogP contribution is 2.48. The number of hydrogen-bond donors (Lipinski definition) is 2. The summed E-state index contributed by atoms with van der Waals surface area (Å²) in [4.78, 5) is 0. The van der Waals surface area contributed by atoms with E-state index in [1.54, 1.807) is 0 Å². The Morgan fingerprint density at radius 3 is 1.64 bits per heavy atom. The largest absolute Gasteiger partial charge is 0.399 e. The Morgan fingerprint density at radius 1 is 0.611 bits per heavy atom. The molecule has 0 saturated heterocycles. The van der Waals surface area contributed by atoms with E-state index in [0.29, 0.717) is 5.92 Å². The van der Waals surface area contributed by atoms with Crippen LogP contribution in [0.4, 0.5) is 11.4 Å². The molecule has 0 spiro atoms. The minimum absolute atomic E-state index is 0.654. The third kappa shape index (κ3) is 6.29. The molecule has 2 nitrogen and oxygen atoms in total. The molecule has 2 aromatic rings. The molecule has 0 heterocycles. The van der Waals surface area contributed by atoms with Crippen molar-refractivity contribution in [3.05, 3.63) is 59.2 Å². The summed E-state index contributed by atoms with van der Waals surface area (Å²) in [7, 11) is 0. The zero-order valence-electron chi connectivity index (χ0n) is 22.8. The van der Waals surface area contributed by atoms with Gasteiger partial charge in [-0.1, -0.05) is 56.9 Å². The van der Waals surface area contributed by atoms with Crippen molar-refractivity contribution in [2.24, 2.45) is 29.6 Å². The van der Waals surface area contributed by atoms with Gasteiger partial charge in [0.05, 0.1) is 0 Å². The number of nitrogens with two attached hydrogens (primary N) is 2. The Kier molecular flexibility index (Phi) is 8.60. The van der Waals surface area contributed by atoms with Crippen molar-refractivity contribution < 1.29 is 0 Å². The van der Waals surface area contributed by atoms with Crippen molar-refractivity contribution in [1.29, 1.82) is 0 Å². The van der Waals surface area contributed by atoms with E-state index in [0.717, 1.165) is 47.4 Å². The lowest BCUT2D eigenvalue weighted by atomic mass is 9.64. The Hall–Kier alpha value is -1.96. The van der Waals surface area contributed by atoms with Crippen molar-refractivity contribution in [3.8, 4) is 0 Å². The molecule has 0 unspecified atom stereocenters. The third-order valence-corrected chi connectivity index (χ3v) is 10.5. The molecule has 0 aromatic heterocycles. The van der Waals surface area contributed by atoms with Gasteiger partial charge in [-0.05, 0) is 141 Å². The van der Waals surface area contributed by atoms with Gasteiger partial charge < -0.3 is 11.5 Å². The number of benzene rings is 2. The molecule has 0 amide bonds. The summed E-state index contributed by atoms with van der Waals surface area (Å²) in [5.41, 5.74) is 18.2. The smallest absolute Gasteiger partial charge is 0.0352 e. The summed E-state index contributed by atoms with van der Waals surface area (Å²) in [6, 6.07) is 15.0. The highest BCUT2D eigenvalue weighted by molar-refractivity contribution is 5.52. The van der Waals surface area contributed by atoms with Gasteiger partial charge in [0, 0.05) is 11.4 Å². The fourth-order valence-corrected chi connectivity index (χ4v) is 8.32. The Labute approximate surface area is 220 Å². The van der Waals surface area contributed by atoms with Gasteiger partial charge in [-0.2, -0.15) is 0 Å². The average molecular weight is 487 g/mol. The summed E-state index contributed by atoms with van der Waals surface area (Å²) in [5.74, 6) is 5.77. The van der Waals surface area contributed by atoms with Crippen molar-refractivity contribution in [3.63, 3.8) is 0 Å². The summed E-state index contributed by atoms with van der Waals surface area (Å²) in [5, 5.41) is 0. The van der Waals surface area contributed by atoms with Crippen LogP contribution in [0.3, 0.4) is 0 Å². The molecule has 3 fully saturated rings. The Morgan fingerprint density at radius 2 is 1.11 bits per heavy atom. The molecule has 0 radical (unpaired) electrons. The zero-order chi connectivity index (χ0) is 24.9. The number of nitrogen functional groups attached to an aromatic ring is 2. The highest BCUT2D eigenvalue weighted by atomic mass is 14.6. The molecule has 196 valence electrons. The molecule has 4 N–H and O–H groups in total. The minimum atomic E-state index is 0.654. The predicted octanol–water partition coefficient (Wildman–Crippen LogP) is 9.13. The topological polar surface area (TPSA) is 52.0 Å². The van der Waals surface area contributed by atoms with Crippen LogP contribution in [0.2, 0.25) is 0 Å². The highest BCUT2D eigenvalue weighted by Gasteiger charge is 2.35. The normalized spacial score (nSPS) is 31.2. The first-order chi connectivity index (χ1) is 17.6. The van der Waals surface area contributed by atoms with Crippen LogP contribution in [0.1, 0.15) is 119 Å². The maximum absolute atomic E-state index is 6.60. The monoisotopic (exact) mass is 486 g/mol. The lowest BCUT2D eigenvalue weighted by Gasteiger charge is -2.41. The van der Waals surface area contributed by atoms with Crippen molar-refractivity contribution >= 4 is 11.4 Å². The Bertz CT molecular complexity index is 940. The van der Waals surface area contributed by atoms with E-state index in [1.165, 1.54) is 107 Å². The van der Waals surface area contributed by atoms with Crippen LogP contribution in [0, 0.1) is 29.6 Å². The molecule has 5 rings (SSSR count). The van der Waals surface area contributed by atoms with Gasteiger partial charge in [-0.3, -0.25) is 0 Å². The second kappa shape index (κ2) is 12.1. The lowest BCUT2D eigenvalue weighted by Crippen LogP contribution is -2.29. The molecule has 0 atom stereocenters. The second-order valence-corrected chi connectivity index (χ2v) is 12.7. The lowest BCUT2D eigenvalue weighted by molar-refractivity contribution is 0.109. The van der Waals surface area contributed by atoms with E-state index in [-0.39, 0.29) is 0 Å². The quantitative estimate of drug-likeness (QED) is 0.383. The van der Waals surface area contributed by atoms with E-state index in [9.17, 15) is 0 Å². The number of anilines is 2. The first kappa shape index (κ1) is 25.7. The molecule has 3 saturated carbocycles. The average Bonchev–Trinajstić information content (AvgIpc) is 2.91. The molecule has 2 heteroatoms. The molecular weight excluding hydrogens is 436 g/mol. The maximum Gasteiger partial charge on any atom is 0.0352 e. The van der Waals surface area contributed by atoms with Crippen LogP contribution in [0.15, 0.2) is 42.5 Å². The first-order valence-corrected chi connectivity index (χ1v) is 15.3. The van der Waals surface area contributed by atoms with Crippen LogP contribution in [0.25, 0.3) is 0 Å².